The molecule has 7 heteroatoms. The Morgan fingerprint density at radius 1 is 0.658 bits per heavy atom. The van der Waals surface area contributed by atoms with Crippen LogP contribution in [0.25, 0.3) is 0 Å². The van der Waals surface area contributed by atoms with Crippen LogP contribution in [0, 0.1) is 0 Å². The molecule has 208 valence electrons. The minimum Gasteiger partial charge on any atom is -0.321 e. The van der Waals surface area contributed by atoms with Crippen LogP contribution in [0.5, 0.6) is 0 Å². The summed E-state index contributed by atoms with van der Waals surface area (Å²) in [5.41, 5.74) is 3.24. The molecule has 1 unspecified atom stereocenters. The van der Waals surface area contributed by atoms with E-state index in [0.717, 1.165) is 71.6 Å². The fraction of sp³-hybridized carbons (Fsp3) is 0.548. The Hall–Kier alpha value is -2.90. The highest BCUT2D eigenvalue weighted by atomic mass is 16.2. The molecule has 0 bridgehead atoms. The first-order valence-corrected chi connectivity index (χ1v) is 14.4. The van der Waals surface area contributed by atoms with Crippen molar-refractivity contribution in [1.29, 1.82) is 0 Å². The molecule has 0 spiro atoms. The fourth-order valence-corrected chi connectivity index (χ4v) is 5.11. The number of carbonyl (C=O) groups excluding carboxylic acids is 2. The third-order valence-electron chi connectivity index (χ3n) is 8.52. The number of nitrogens with one attached hydrogen (secondary N) is 1. The van der Waals surface area contributed by atoms with Crippen molar-refractivity contribution in [2.24, 2.45) is 10.2 Å². The average molecular weight is 524 g/mol. The number of carbonyl (C=O) groups is 2. The summed E-state index contributed by atoms with van der Waals surface area (Å²) in [6.45, 7) is 21.7. The third-order valence-corrected chi connectivity index (χ3v) is 8.52. The molecule has 0 aliphatic heterocycles. The Kier molecular flexibility index (Phi) is 12.3. The van der Waals surface area contributed by atoms with Gasteiger partial charge in [0.05, 0.1) is 50.6 Å². The van der Waals surface area contributed by atoms with Crippen LogP contribution >= 0.6 is 0 Å². The number of benzene rings is 2. The molecule has 0 aliphatic carbocycles. The largest absolute Gasteiger partial charge is 0.321 e. The van der Waals surface area contributed by atoms with Crippen LogP contribution in [-0.2, 0) is 9.59 Å². The lowest BCUT2D eigenvalue weighted by molar-refractivity contribution is -0.915. The van der Waals surface area contributed by atoms with Crippen molar-refractivity contribution >= 4 is 28.8 Å². The molecular formula is C31H49N5O2+2. The number of nitrogens with zero attached hydrogens (tertiary/aromatic N) is 4. The Balaban J connectivity index is 2.02. The van der Waals surface area contributed by atoms with E-state index >= 15 is 0 Å². The van der Waals surface area contributed by atoms with Gasteiger partial charge in [-0.05, 0) is 89.9 Å². The first kappa shape index (κ1) is 31.3. The van der Waals surface area contributed by atoms with E-state index in [1.54, 1.807) is 0 Å². The van der Waals surface area contributed by atoms with Crippen molar-refractivity contribution in [2.45, 2.75) is 60.8 Å². The summed E-state index contributed by atoms with van der Waals surface area (Å²) >= 11 is 0. The van der Waals surface area contributed by atoms with Gasteiger partial charge in [0.1, 0.15) is 6.54 Å². The molecule has 0 radical (unpaired) electrons. The van der Waals surface area contributed by atoms with Gasteiger partial charge in [-0.15, -0.1) is 0 Å². The normalized spacial score (nSPS) is 13.0. The average Bonchev–Trinajstić information content (AvgIpc) is 2.95. The first-order valence-electron chi connectivity index (χ1n) is 14.4. The lowest BCUT2D eigenvalue weighted by Gasteiger charge is -2.36. The fourth-order valence-electron chi connectivity index (χ4n) is 5.11. The first-order chi connectivity index (χ1) is 18.2. The molecule has 1 N–H and O–H groups in total. The second-order valence-corrected chi connectivity index (χ2v) is 10.2. The summed E-state index contributed by atoms with van der Waals surface area (Å²) in [6.07, 6.45) is 0.787. The van der Waals surface area contributed by atoms with Gasteiger partial charge in [-0.1, -0.05) is 19.1 Å². The molecule has 1 atom stereocenters. The topological polar surface area (TPSA) is 70.9 Å². The van der Waals surface area contributed by atoms with Gasteiger partial charge < -0.3 is 14.3 Å². The summed E-state index contributed by atoms with van der Waals surface area (Å²) < 4.78 is 1.61. The molecule has 2 aromatic carbocycles. The number of azo groups is 1. The van der Waals surface area contributed by atoms with Gasteiger partial charge in [0.15, 0.2) is 12.3 Å². The maximum absolute atomic E-state index is 13.2. The number of likely N-dealkylation sites (N-methyl/N-ethyl adjacent to an activating group) is 2. The number of rotatable bonds is 16. The zero-order valence-electron chi connectivity index (χ0n) is 24.7. The highest BCUT2D eigenvalue weighted by Gasteiger charge is 2.29. The maximum Gasteiger partial charge on any atom is 0.279 e. The summed E-state index contributed by atoms with van der Waals surface area (Å²) in [4.78, 5) is 25.7. The molecule has 0 fully saturated rings. The van der Waals surface area contributed by atoms with Crippen molar-refractivity contribution in [3.8, 4) is 0 Å². The van der Waals surface area contributed by atoms with E-state index in [9.17, 15) is 9.59 Å². The molecule has 2 aromatic rings. The Labute approximate surface area is 230 Å². The predicted molar refractivity (Wildman–Crippen MR) is 157 cm³/mol. The molecule has 7 nitrogen and oxygen atoms in total. The molecule has 2 rings (SSSR count). The van der Waals surface area contributed by atoms with Gasteiger partial charge >= 0.3 is 0 Å². The van der Waals surface area contributed by atoms with Crippen LogP contribution in [0.1, 0.15) is 66.4 Å². The van der Waals surface area contributed by atoms with E-state index in [-0.39, 0.29) is 11.8 Å². The zero-order valence-corrected chi connectivity index (χ0v) is 24.7. The van der Waals surface area contributed by atoms with Gasteiger partial charge in [-0.2, -0.15) is 10.2 Å². The molecule has 38 heavy (non-hydrogen) atoms. The number of quaternary nitrogens is 2. The van der Waals surface area contributed by atoms with E-state index in [0.29, 0.717) is 24.6 Å². The number of Topliss-reactive ketones (excluding diaryl/α,β-unsaturated/α-hetero) is 1. The predicted octanol–water partition coefficient (Wildman–Crippen LogP) is 6.86. The van der Waals surface area contributed by atoms with Crippen molar-refractivity contribution in [1.82, 2.24) is 0 Å². The summed E-state index contributed by atoms with van der Waals surface area (Å²) in [5.74, 6) is 0.239. The van der Waals surface area contributed by atoms with Gasteiger partial charge in [0.2, 0.25) is 0 Å². The van der Waals surface area contributed by atoms with Crippen molar-refractivity contribution in [3.05, 3.63) is 54.1 Å². The number of hydrogen-bond donors (Lipinski definition) is 1. The summed E-state index contributed by atoms with van der Waals surface area (Å²) in [7, 11) is 0. The lowest BCUT2D eigenvalue weighted by Crippen LogP contribution is -2.51. The van der Waals surface area contributed by atoms with Gasteiger partial charge in [0.25, 0.3) is 5.91 Å². The molecule has 0 aliphatic rings. The molecule has 0 aromatic heterocycles. The van der Waals surface area contributed by atoms with E-state index in [1.807, 2.05) is 48.5 Å². The minimum atomic E-state index is -0.0955. The van der Waals surface area contributed by atoms with Crippen LogP contribution in [0.15, 0.2) is 58.8 Å². The quantitative estimate of drug-likeness (QED) is 0.193. The second kappa shape index (κ2) is 14.9. The summed E-state index contributed by atoms with van der Waals surface area (Å²) in [5, 5.41) is 11.7. The standard InChI is InChI=1S/C31H48N5O2/c1-8-29(30(37)23-35(9-2,10-3)11-4)25-15-17-27(18-16-25)33-34-28-21-19-26(20-22-28)32-31(38)24-36(12-5,13-6)14-7/h15-22,29H,8-14,23-24H2,1-7H3/q+1/p+1. The van der Waals surface area contributed by atoms with Gasteiger partial charge in [-0.25, -0.2) is 0 Å². The second-order valence-electron chi connectivity index (χ2n) is 10.2. The lowest BCUT2D eigenvalue weighted by atomic mass is 9.91. The Morgan fingerprint density at radius 2 is 1.08 bits per heavy atom. The Bertz CT molecular complexity index is 1020. The van der Waals surface area contributed by atoms with E-state index in [2.05, 4.69) is 64.0 Å². The van der Waals surface area contributed by atoms with Crippen LogP contribution in [0.4, 0.5) is 17.1 Å². The highest BCUT2D eigenvalue weighted by molar-refractivity contribution is 5.91. The molecule has 0 saturated carbocycles. The highest BCUT2D eigenvalue weighted by Crippen LogP contribution is 2.26. The number of ketones is 1. The maximum atomic E-state index is 13.2. The van der Waals surface area contributed by atoms with E-state index in [4.69, 9.17) is 0 Å². The number of hydrogen-bond acceptors (Lipinski definition) is 4. The van der Waals surface area contributed by atoms with Crippen molar-refractivity contribution in [3.63, 3.8) is 0 Å². The molecule has 0 saturated heterocycles. The smallest absolute Gasteiger partial charge is 0.279 e. The van der Waals surface area contributed by atoms with Crippen molar-refractivity contribution in [2.75, 3.05) is 57.7 Å². The SMILES string of the molecule is CCC(C(=O)C[N+](CC)(CC)CC)c1ccc(/N=N/c2ccc(NC(=O)C[N+](CC)(CC)CC)cc2)cc1. The number of amides is 1. The Morgan fingerprint density at radius 3 is 1.50 bits per heavy atom. The van der Waals surface area contributed by atoms with Crippen LogP contribution in [0.3, 0.4) is 0 Å². The third kappa shape index (κ3) is 8.30. The van der Waals surface area contributed by atoms with Crippen LogP contribution in [-0.4, -0.2) is 73.0 Å². The molecule has 0 heterocycles. The molecule has 1 amide bonds. The minimum absolute atomic E-state index is 0.0256. The van der Waals surface area contributed by atoms with Crippen LogP contribution in [0.2, 0.25) is 0 Å². The van der Waals surface area contributed by atoms with Crippen LogP contribution < -0.4 is 5.32 Å². The van der Waals surface area contributed by atoms with Gasteiger partial charge in [-0.3, -0.25) is 9.59 Å². The van der Waals surface area contributed by atoms with E-state index in [1.165, 1.54) is 0 Å². The summed E-state index contributed by atoms with van der Waals surface area (Å²) in [6, 6.07) is 15.2. The van der Waals surface area contributed by atoms with Crippen molar-refractivity contribution < 1.29 is 18.6 Å². The monoisotopic (exact) mass is 523 g/mol. The zero-order chi connectivity index (χ0) is 28.2. The van der Waals surface area contributed by atoms with Gasteiger partial charge in [0, 0.05) is 11.6 Å². The molecular weight excluding hydrogens is 474 g/mol. The number of anilines is 1. The van der Waals surface area contributed by atoms with E-state index < -0.39 is 0 Å².